The maximum atomic E-state index is 14.0. The minimum absolute atomic E-state index is 0.00622. The number of thiophene rings is 1. The van der Waals surface area contributed by atoms with Crippen molar-refractivity contribution >= 4 is 52.6 Å². The van der Waals surface area contributed by atoms with Gasteiger partial charge in [0.1, 0.15) is 18.1 Å². The molecule has 0 saturated carbocycles. The number of primary amides is 1. The predicted molar refractivity (Wildman–Crippen MR) is 165 cm³/mol. The summed E-state index contributed by atoms with van der Waals surface area (Å²) in [6, 6.07) is -0.218. The number of amides is 5. The number of nitrogens with two attached hydrogens (primary N) is 1. The van der Waals surface area contributed by atoms with Crippen molar-refractivity contribution in [3.63, 3.8) is 0 Å². The zero-order chi connectivity index (χ0) is 31.0. The molecule has 234 valence electrons. The van der Waals surface area contributed by atoms with E-state index < -0.39 is 53.5 Å². The first-order valence-corrected chi connectivity index (χ1v) is 16.5. The van der Waals surface area contributed by atoms with Gasteiger partial charge < -0.3 is 27.0 Å². The maximum absolute atomic E-state index is 14.0. The molecule has 1 aromatic rings. The van der Waals surface area contributed by atoms with Crippen LogP contribution in [0.15, 0.2) is 21.7 Å². The fraction of sp³-hybridized carbons (Fsp3) is 0.690. The molecular weight excluding hydrogens is 576 g/mol. The van der Waals surface area contributed by atoms with Crippen molar-refractivity contribution < 1.29 is 24.0 Å². The number of fused-ring (bicyclic) bond motifs is 1. The first-order chi connectivity index (χ1) is 19.7. The minimum Gasteiger partial charge on any atom is -0.370 e. The van der Waals surface area contributed by atoms with Gasteiger partial charge in [-0.25, -0.2) is 0 Å². The Morgan fingerprint density at radius 1 is 1.10 bits per heavy atom. The van der Waals surface area contributed by atoms with Gasteiger partial charge in [0.25, 0.3) is 0 Å². The van der Waals surface area contributed by atoms with Crippen LogP contribution in [0, 0.1) is 5.92 Å². The summed E-state index contributed by atoms with van der Waals surface area (Å²) < 4.78 is 1.02. The third kappa shape index (κ3) is 9.98. The van der Waals surface area contributed by atoms with Gasteiger partial charge in [-0.3, -0.25) is 28.9 Å². The Bertz CT molecular complexity index is 1110. The van der Waals surface area contributed by atoms with Gasteiger partial charge >= 0.3 is 0 Å². The Morgan fingerprint density at radius 2 is 1.76 bits per heavy atom. The van der Waals surface area contributed by atoms with Gasteiger partial charge in [0.2, 0.25) is 29.5 Å². The molecule has 0 radical (unpaired) electrons. The second kappa shape index (κ2) is 15.2. The lowest BCUT2D eigenvalue weighted by atomic mass is 9.99. The third-order valence-corrected chi connectivity index (χ3v) is 9.56. The summed E-state index contributed by atoms with van der Waals surface area (Å²) in [5, 5.41) is 13.8. The Balaban J connectivity index is 2.05. The van der Waals surface area contributed by atoms with Gasteiger partial charge in [0.05, 0.1) is 16.3 Å². The van der Waals surface area contributed by atoms with E-state index in [9.17, 15) is 24.0 Å². The number of hydrogen-bond acceptors (Lipinski definition) is 8. The Kier molecular flexibility index (Phi) is 12.2. The Morgan fingerprint density at radius 3 is 2.38 bits per heavy atom. The number of carbonyl (C=O) groups excluding carboxylic acids is 5. The van der Waals surface area contributed by atoms with E-state index >= 15 is 0 Å². The number of nitrogens with one attached hydrogen (secondary N) is 4. The first-order valence-electron chi connectivity index (χ1n) is 14.7. The molecule has 0 unspecified atom stereocenters. The van der Waals surface area contributed by atoms with Crippen LogP contribution in [0.5, 0.6) is 0 Å². The standard InChI is InChI=1S/C29H46N6O5S2/c1-17(2)10-11-18-25(37)31-19(12-13-22(30)36)26(38)33-20(16-42-23-9-7-15-41-23)24(28(40)34-29(3,4)5)35-14-6-8-21(35)27(39)32-18/h7,9,15,17-21,24H,6,8,10-14,16H2,1-5H3,(H2,30,36)(H,31,37)(H,32,39)(H,33,38)(H,34,40)/t18-,19-,20-,21-,24-/m0/s1. The molecule has 3 rings (SSSR count). The van der Waals surface area contributed by atoms with E-state index in [1.807, 2.05) is 57.0 Å². The molecule has 1 aromatic heterocycles. The van der Waals surface area contributed by atoms with E-state index in [0.717, 1.165) is 4.21 Å². The maximum Gasteiger partial charge on any atom is 0.243 e. The molecule has 6 N–H and O–H groups in total. The largest absolute Gasteiger partial charge is 0.370 e. The number of hydrogen-bond donors (Lipinski definition) is 5. The Hall–Kier alpha value is -2.64. The monoisotopic (exact) mass is 622 g/mol. The average molecular weight is 623 g/mol. The van der Waals surface area contributed by atoms with Crippen LogP contribution in [0.2, 0.25) is 0 Å². The van der Waals surface area contributed by atoms with Gasteiger partial charge in [0.15, 0.2) is 0 Å². The highest BCUT2D eigenvalue weighted by Gasteiger charge is 2.45. The molecule has 2 saturated heterocycles. The highest BCUT2D eigenvalue weighted by atomic mass is 32.2. The summed E-state index contributed by atoms with van der Waals surface area (Å²) in [5.41, 5.74) is 4.85. The van der Waals surface area contributed by atoms with E-state index in [2.05, 4.69) is 21.3 Å². The van der Waals surface area contributed by atoms with E-state index in [1.165, 1.54) is 11.8 Å². The number of carbonyl (C=O) groups is 5. The lowest BCUT2D eigenvalue weighted by Gasteiger charge is -2.39. The summed E-state index contributed by atoms with van der Waals surface area (Å²) in [6.07, 6.45) is 2.18. The zero-order valence-electron chi connectivity index (χ0n) is 25.2. The molecule has 2 fully saturated rings. The zero-order valence-corrected chi connectivity index (χ0v) is 26.9. The lowest BCUT2D eigenvalue weighted by molar-refractivity contribution is -0.138. The van der Waals surface area contributed by atoms with E-state index in [4.69, 9.17) is 5.73 Å². The van der Waals surface area contributed by atoms with Crippen LogP contribution >= 0.6 is 23.1 Å². The summed E-state index contributed by atoms with van der Waals surface area (Å²) in [5.74, 6) is -1.53. The van der Waals surface area contributed by atoms with Crippen LogP contribution in [-0.4, -0.2) is 82.5 Å². The molecule has 0 spiro atoms. The molecule has 3 heterocycles. The third-order valence-electron chi connectivity index (χ3n) is 7.31. The normalized spacial score (nSPS) is 26.0. The van der Waals surface area contributed by atoms with Crippen LogP contribution in [0.1, 0.15) is 73.1 Å². The second-order valence-electron chi connectivity index (χ2n) is 12.5. The van der Waals surface area contributed by atoms with Crippen LogP contribution in [0.25, 0.3) is 0 Å². The van der Waals surface area contributed by atoms with Crippen molar-refractivity contribution in [1.82, 2.24) is 26.2 Å². The van der Waals surface area contributed by atoms with E-state index in [-0.39, 0.29) is 24.7 Å². The molecule has 42 heavy (non-hydrogen) atoms. The van der Waals surface area contributed by atoms with Crippen molar-refractivity contribution in [3.05, 3.63) is 17.5 Å². The summed E-state index contributed by atoms with van der Waals surface area (Å²) in [6.45, 7) is 10.2. The van der Waals surface area contributed by atoms with Gasteiger partial charge in [-0.1, -0.05) is 19.9 Å². The summed E-state index contributed by atoms with van der Waals surface area (Å²) in [7, 11) is 0. The Labute approximate surface area is 256 Å². The molecule has 5 atom stereocenters. The smallest absolute Gasteiger partial charge is 0.243 e. The SMILES string of the molecule is CC(C)CC[C@@H]1NC(=O)[C@@H]2CCCN2[C@H](C(=O)NC(C)(C)C)[C@H](CSc2cccs2)NC(=O)[C@H](CCC(N)=O)NC1=O. The van der Waals surface area contributed by atoms with Gasteiger partial charge in [-0.2, -0.15) is 0 Å². The number of rotatable bonds is 10. The van der Waals surface area contributed by atoms with E-state index in [1.54, 1.807) is 11.3 Å². The summed E-state index contributed by atoms with van der Waals surface area (Å²) in [4.78, 5) is 68.6. The molecule has 0 aliphatic carbocycles. The molecule has 5 amide bonds. The molecule has 0 bridgehead atoms. The fourth-order valence-corrected chi connectivity index (χ4v) is 7.16. The molecule has 2 aliphatic rings. The fourth-order valence-electron chi connectivity index (χ4n) is 5.29. The first kappa shape index (κ1) is 33.9. The molecular formula is C29H46N6O5S2. The number of nitrogens with zero attached hydrogens (tertiary/aromatic N) is 1. The van der Waals surface area contributed by atoms with Crippen molar-refractivity contribution in [1.29, 1.82) is 0 Å². The van der Waals surface area contributed by atoms with Gasteiger partial charge in [0, 0.05) is 17.7 Å². The minimum atomic E-state index is -1.07. The van der Waals surface area contributed by atoms with Crippen molar-refractivity contribution in [3.8, 4) is 0 Å². The van der Waals surface area contributed by atoms with Crippen molar-refractivity contribution in [2.75, 3.05) is 12.3 Å². The van der Waals surface area contributed by atoms with Crippen LogP contribution in [0.3, 0.4) is 0 Å². The number of thioether (sulfide) groups is 1. The lowest BCUT2D eigenvalue weighted by Crippen LogP contribution is -2.67. The summed E-state index contributed by atoms with van der Waals surface area (Å²) >= 11 is 3.07. The second-order valence-corrected chi connectivity index (χ2v) is 14.8. The quantitative estimate of drug-likeness (QED) is 0.248. The van der Waals surface area contributed by atoms with Crippen LogP contribution in [-0.2, 0) is 24.0 Å². The highest BCUT2D eigenvalue weighted by molar-refractivity contribution is 8.01. The average Bonchev–Trinajstić information content (AvgIpc) is 3.58. The molecule has 2 aliphatic heterocycles. The molecule has 13 heteroatoms. The van der Waals surface area contributed by atoms with E-state index in [0.29, 0.717) is 43.9 Å². The molecule has 11 nitrogen and oxygen atoms in total. The van der Waals surface area contributed by atoms with Gasteiger partial charge in [-0.15, -0.1) is 23.1 Å². The van der Waals surface area contributed by atoms with Crippen LogP contribution < -0.4 is 27.0 Å². The highest BCUT2D eigenvalue weighted by Crippen LogP contribution is 2.29. The van der Waals surface area contributed by atoms with Crippen molar-refractivity contribution in [2.45, 2.75) is 113 Å². The molecule has 0 aromatic carbocycles. The topological polar surface area (TPSA) is 163 Å². The van der Waals surface area contributed by atoms with Gasteiger partial charge in [-0.05, 0) is 76.8 Å². The van der Waals surface area contributed by atoms with Crippen LogP contribution in [0.4, 0.5) is 0 Å². The predicted octanol–water partition coefficient (Wildman–Crippen LogP) is 1.76. The van der Waals surface area contributed by atoms with Crippen molar-refractivity contribution in [2.24, 2.45) is 11.7 Å².